The second-order valence-electron chi connectivity index (χ2n) is 9.43. The van der Waals surface area contributed by atoms with E-state index in [1.807, 2.05) is 42.6 Å². The van der Waals surface area contributed by atoms with Gasteiger partial charge in [0.15, 0.2) is 0 Å². The van der Waals surface area contributed by atoms with E-state index in [9.17, 15) is 13.2 Å². The molecule has 0 aliphatic carbocycles. The summed E-state index contributed by atoms with van der Waals surface area (Å²) in [6.45, 7) is 0.922. The Labute approximate surface area is 209 Å². The summed E-state index contributed by atoms with van der Waals surface area (Å²) in [6, 6.07) is 13.9. The summed E-state index contributed by atoms with van der Waals surface area (Å²) in [5, 5.41) is 2.08. The predicted octanol–water partition coefficient (Wildman–Crippen LogP) is 3.53. The van der Waals surface area contributed by atoms with E-state index >= 15 is 0 Å². The molecule has 1 saturated heterocycles. The van der Waals surface area contributed by atoms with E-state index in [0.29, 0.717) is 25.9 Å². The van der Waals surface area contributed by atoms with Gasteiger partial charge in [0, 0.05) is 48.8 Å². The molecular formula is C27H25N5O3S. The van der Waals surface area contributed by atoms with Crippen LogP contribution in [-0.2, 0) is 26.8 Å². The summed E-state index contributed by atoms with van der Waals surface area (Å²) in [7, 11) is -3.31. The minimum absolute atomic E-state index is 0.0192. The zero-order chi connectivity index (χ0) is 24.9. The van der Waals surface area contributed by atoms with Crippen molar-refractivity contribution in [1.29, 1.82) is 0 Å². The van der Waals surface area contributed by atoms with Gasteiger partial charge in [-0.05, 0) is 47.6 Å². The zero-order valence-electron chi connectivity index (χ0n) is 19.8. The molecular weight excluding hydrogens is 474 g/mol. The number of benzene rings is 1. The number of pyridine rings is 3. The first-order chi connectivity index (χ1) is 17.4. The Balaban J connectivity index is 1.43. The maximum atomic E-state index is 14.1. The molecule has 0 unspecified atom stereocenters. The van der Waals surface area contributed by atoms with Crippen LogP contribution in [0.5, 0.6) is 0 Å². The molecule has 0 bridgehead atoms. The molecule has 1 fully saturated rings. The van der Waals surface area contributed by atoms with Crippen molar-refractivity contribution in [2.24, 2.45) is 0 Å². The molecule has 2 aliphatic heterocycles. The Morgan fingerprint density at radius 3 is 2.42 bits per heavy atom. The molecule has 6 rings (SSSR count). The molecule has 0 saturated carbocycles. The number of carbonyl (C=O) groups is 1. The van der Waals surface area contributed by atoms with Crippen molar-refractivity contribution in [1.82, 2.24) is 19.3 Å². The molecule has 182 valence electrons. The first-order valence-corrected chi connectivity index (χ1v) is 13.7. The number of hydrogen-bond donors (Lipinski definition) is 0. The average Bonchev–Trinajstić information content (AvgIpc) is 3.11. The number of anilines is 1. The van der Waals surface area contributed by atoms with Crippen LogP contribution in [0.1, 0.15) is 24.1 Å². The minimum Gasteiger partial charge on any atom is -0.304 e. The number of rotatable bonds is 4. The third kappa shape index (κ3) is 3.58. The number of carbonyl (C=O) groups excluding carboxylic acids is 1. The Hall–Kier alpha value is -3.69. The van der Waals surface area contributed by atoms with Gasteiger partial charge in [-0.1, -0.05) is 24.3 Å². The molecule has 0 atom stereocenters. The van der Waals surface area contributed by atoms with Crippen molar-refractivity contribution < 1.29 is 13.2 Å². The van der Waals surface area contributed by atoms with Crippen molar-refractivity contribution in [2.75, 3.05) is 24.2 Å². The number of piperidine rings is 1. The second kappa shape index (κ2) is 8.46. The van der Waals surface area contributed by atoms with Gasteiger partial charge in [0.2, 0.25) is 15.9 Å². The van der Waals surface area contributed by atoms with Crippen LogP contribution >= 0.6 is 0 Å². The Kier molecular flexibility index (Phi) is 5.35. The van der Waals surface area contributed by atoms with Crippen molar-refractivity contribution in [3.63, 3.8) is 0 Å². The summed E-state index contributed by atoms with van der Waals surface area (Å²) >= 11 is 0. The highest BCUT2D eigenvalue weighted by Crippen LogP contribution is 2.48. The molecule has 0 radical (unpaired) electrons. The third-order valence-electron chi connectivity index (χ3n) is 7.46. The molecule has 9 heteroatoms. The summed E-state index contributed by atoms with van der Waals surface area (Å²) in [5.74, 6) is -0.0192. The normalized spacial score (nSPS) is 17.6. The Morgan fingerprint density at radius 1 is 0.944 bits per heavy atom. The number of aromatic nitrogens is 3. The smallest absolute Gasteiger partial charge is 0.238 e. The van der Waals surface area contributed by atoms with E-state index in [0.717, 1.165) is 38.8 Å². The lowest BCUT2D eigenvalue weighted by atomic mass is 9.74. The fourth-order valence-corrected chi connectivity index (χ4v) is 6.49. The van der Waals surface area contributed by atoms with E-state index in [1.54, 1.807) is 29.7 Å². The first-order valence-electron chi connectivity index (χ1n) is 11.9. The second-order valence-corrected chi connectivity index (χ2v) is 11.4. The number of sulfonamides is 1. The van der Waals surface area contributed by atoms with E-state index in [1.165, 1.54) is 10.6 Å². The quantitative estimate of drug-likeness (QED) is 0.426. The lowest BCUT2D eigenvalue weighted by Crippen LogP contribution is -2.49. The highest BCUT2D eigenvalue weighted by Gasteiger charge is 2.53. The van der Waals surface area contributed by atoms with Gasteiger partial charge in [-0.3, -0.25) is 19.7 Å². The number of amides is 1. The van der Waals surface area contributed by atoms with Crippen LogP contribution in [-0.4, -0.2) is 52.9 Å². The van der Waals surface area contributed by atoms with E-state index in [2.05, 4.69) is 16.0 Å². The minimum atomic E-state index is -3.31. The Morgan fingerprint density at radius 2 is 1.67 bits per heavy atom. The largest absolute Gasteiger partial charge is 0.304 e. The van der Waals surface area contributed by atoms with Gasteiger partial charge >= 0.3 is 0 Å². The highest BCUT2D eigenvalue weighted by atomic mass is 32.2. The SMILES string of the molecule is CS(=O)(=O)N1CCC2(CC1)C(=O)N(Cc1ncc3ccccc3c1-c1ccncc1)c1cnccc12. The first kappa shape index (κ1) is 22.8. The number of nitrogens with zero attached hydrogens (tertiary/aromatic N) is 5. The fourth-order valence-electron chi connectivity index (χ4n) is 5.64. The van der Waals surface area contributed by atoms with Crippen LogP contribution in [0.25, 0.3) is 21.9 Å². The van der Waals surface area contributed by atoms with Gasteiger partial charge in [-0.25, -0.2) is 12.7 Å². The standard InChI is InChI=1S/C27H25N5O3S/c1-36(34,35)31-14-9-27(10-15-31)22-8-13-29-17-24(22)32(26(27)33)18-23-25(19-6-11-28-12-7-19)21-5-3-2-4-20(21)16-30-23/h2-8,11-13,16-17H,9-10,14-15,18H2,1H3. The number of fused-ring (bicyclic) bond motifs is 3. The van der Waals surface area contributed by atoms with E-state index < -0.39 is 15.4 Å². The molecule has 3 aromatic heterocycles. The van der Waals surface area contributed by atoms with Gasteiger partial charge in [0.25, 0.3) is 0 Å². The van der Waals surface area contributed by atoms with Crippen molar-refractivity contribution >= 4 is 32.4 Å². The maximum Gasteiger partial charge on any atom is 0.238 e. The molecule has 36 heavy (non-hydrogen) atoms. The monoisotopic (exact) mass is 499 g/mol. The molecule has 0 N–H and O–H groups in total. The van der Waals surface area contributed by atoms with Crippen LogP contribution < -0.4 is 4.90 Å². The topological polar surface area (TPSA) is 96.4 Å². The Bertz CT molecular complexity index is 1580. The molecule has 8 nitrogen and oxygen atoms in total. The van der Waals surface area contributed by atoms with E-state index in [4.69, 9.17) is 4.98 Å². The fraction of sp³-hybridized carbons (Fsp3) is 0.259. The van der Waals surface area contributed by atoms with Crippen LogP contribution in [0.15, 0.2) is 73.4 Å². The summed E-state index contributed by atoms with van der Waals surface area (Å²) in [4.78, 5) is 29.2. The average molecular weight is 500 g/mol. The summed E-state index contributed by atoms with van der Waals surface area (Å²) < 4.78 is 25.7. The highest BCUT2D eigenvalue weighted by molar-refractivity contribution is 7.88. The van der Waals surface area contributed by atoms with Gasteiger partial charge < -0.3 is 4.90 Å². The van der Waals surface area contributed by atoms with Crippen LogP contribution in [0.2, 0.25) is 0 Å². The lowest BCUT2D eigenvalue weighted by Gasteiger charge is -2.37. The molecule has 1 aromatic carbocycles. The summed E-state index contributed by atoms with van der Waals surface area (Å²) in [5.41, 5.74) is 3.68. The van der Waals surface area contributed by atoms with Crippen LogP contribution in [0.3, 0.4) is 0 Å². The van der Waals surface area contributed by atoms with Crippen molar-refractivity contribution in [3.8, 4) is 11.1 Å². The summed E-state index contributed by atoms with van der Waals surface area (Å²) in [6.07, 6.45) is 10.9. The molecule has 1 amide bonds. The van der Waals surface area contributed by atoms with Crippen LogP contribution in [0.4, 0.5) is 5.69 Å². The van der Waals surface area contributed by atoms with Crippen molar-refractivity contribution in [3.05, 3.63) is 84.7 Å². The number of hydrogen-bond acceptors (Lipinski definition) is 6. The molecule has 2 aliphatic rings. The van der Waals surface area contributed by atoms with Crippen molar-refractivity contribution in [2.45, 2.75) is 24.8 Å². The molecule has 5 heterocycles. The van der Waals surface area contributed by atoms with Gasteiger partial charge in [0.1, 0.15) is 0 Å². The van der Waals surface area contributed by atoms with Gasteiger partial charge in [0.05, 0.1) is 35.8 Å². The lowest BCUT2D eigenvalue weighted by molar-refractivity contribution is -0.124. The zero-order valence-corrected chi connectivity index (χ0v) is 20.6. The third-order valence-corrected chi connectivity index (χ3v) is 8.76. The van der Waals surface area contributed by atoms with Gasteiger partial charge in [-0.2, -0.15) is 0 Å². The maximum absolute atomic E-state index is 14.1. The molecule has 4 aromatic rings. The van der Waals surface area contributed by atoms with Gasteiger partial charge in [-0.15, -0.1) is 0 Å². The van der Waals surface area contributed by atoms with E-state index in [-0.39, 0.29) is 12.5 Å². The molecule has 1 spiro atoms. The van der Waals surface area contributed by atoms with Crippen LogP contribution in [0, 0.1) is 0 Å². The predicted molar refractivity (Wildman–Crippen MR) is 138 cm³/mol.